The van der Waals surface area contributed by atoms with Crippen molar-refractivity contribution in [3.63, 3.8) is 0 Å². The molecule has 3 rings (SSSR count). The van der Waals surface area contributed by atoms with Gasteiger partial charge in [-0.15, -0.1) is 0 Å². The van der Waals surface area contributed by atoms with Gasteiger partial charge in [0, 0.05) is 24.9 Å². The van der Waals surface area contributed by atoms with Crippen LogP contribution in [-0.4, -0.2) is 43.3 Å². The highest BCUT2D eigenvalue weighted by Gasteiger charge is 2.46. The minimum absolute atomic E-state index is 0.116. The van der Waals surface area contributed by atoms with Crippen LogP contribution in [0.5, 0.6) is 0 Å². The summed E-state index contributed by atoms with van der Waals surface area (Å²) < 4.78 is 11.8. The molecule has 27 heavy (non-hydrogen) atoms. The predicted molar refractivity (Wildman–Crippen MR) is 104 cm³/mol. The first kappa shape index (κ1) is 20.1. The van der Waals surface area contributed by atoms with Crippen LogP contribution in [0.3, 0.4) is 0 Å². The van der Waals surface area contributed by atoms with Gasteiger partial charge in [0.1, 0.15) is 0 Å². The fourth-order valence-corrected chi connectivity index (χ4v) is 4.22. The van der Waals surface area contributed by atoms with E-state index in [0.717, 1.165) is 38.6 Å². The lowest BCUT2D eigenvalue weighted by atomic mass is 9.73. The molecule has 2 fully saturated rings. The van der Waals surface area contributed by atoms with Gasteiger partial charge >= 0.3 is 6.09 Å². The number of hydrogen-bond acceptors (Lipinski definition) is 4. The molecule has 1 saturated heterocycles. The predicted octanol–water partition coefficient (Wildman–Crippen LogP) is 3.57. The number of hydrogen-bond donors (Lipinski definition) is 3. The summed E-state index contributed by atoms with van der Waals surface area (Å²) in [5.41, 5.74) is 2.54. The summed E-state index contributed by atoms with van der Waals surface area (Å²) in [5, 5.41) is 14.9. The molecule has 1 amide bonds. The average Bonchev–Trinajstić information content (AvgIpc) is 3.11. The Hall–Kier alpha value is -1.63. The molecule has 6 nitrogen and oxygen atoms in total. The molecule has 1 aliphatic carbocycles. The number of carbonyl (C=O) groups is 1. The van der Waals surface area contributed by atoms with E-state index in [4.69, 9.17) is 14.6 Å². The van der Waals surface area contributed by atoms with Crippen molar-refractivity contribution in [3.8, 4) is 0 Å². The first-order valence-electron chi connectivity index (χ1n) is 10.0. The second-order valence-corrected chi connectivity index (χ2v) is 7.98. The largest absolute Gasteiger partial charge is 0.465 e. The summed E-state index contributed by atoms with van der Waals surface area (Å²) in [7, 11) is 0. The van der Waals surface area contributed by atoms with Gasteiger partial charge in [0.05, 0.1) is 13.2 Å². The van der Waals surface area contributed by atoms with Gasteiger partial charge < -0.3 is 25.2 Å². The van der Waals surface area contributed by atoms with Crippen LogP contribution in [0, 0.1) is 0 Å². The van der Waals surface area contributed by atoms with Gasteiger partial charge in [0.2, 0.25) is 0 Å². The van der Waals surface area contributed by atoms with Crippen molar-refractivity contribution in [2.75, 3.05) is 26.3 Å². The monoisotopic (exact) mass is 376 g/mol. The summed E-state index contributed by atoms with van der Waals surface area (Å²) in [5.74, 6) is 0.0873. The highest BCUT2D eigenvalue weighted by atomic mass is 16.7. The molecular formula is C21H32N2O4. The molecule has 1 aromatic carbocycles. The van der Waals surface area contributed by atoms with Crippen LogP contribution in [-0.2, 0) is 15.0 Å². The molecule has 0 unspecified atom stereocenters. The Morgan fingerprint density at radius 2 is 1.85 bits per heavy atom. The summed E-state index contributed by atoms with van der Waals surface area (Å²) in [6, 6.07) is 8.86. The average molecular weight is 376 g/mol. The molecule has 0 bridgehead atoms. The number of carboxylic acid groups (broad SMARTS) is 1. The van der Waals surface area contributed by atoms with E-state index >= 15 is 0 Å². The van der Waals surface area contributed by atoms with Crippen molar-refractivity contribution < 1.29 is 19.4 Å². The van der Waals surface area contributed by atoms with E-state index in [1.165, 1.54) is 11.1 Å². The van der Waals surface area contributed by atoms with Gasteiger partial charge in [-0.2, -0.15) is 0 Å². The molecule has 0 atom stereocenters. The Morgan fingerprint density at radius 1 is 1.15 bits per heavy atom. The van der Waals surface area contributed by atoms with Crippen LogP contribution in [0.25, 0.3) is 0 Å². The molecule has 1 spiro atoms. The van der Waals surface area contributed by atoms with Gasteiger partial charge in [-0.25, -0.2) is 4.79 Å². The fraction of sp³-hybridized carbons (Fsp3) is 0.667. The van der Waals surface area contributed by atoms with Gasteiger partial charge in [0.15, 0.2) is 5.79 Å². The van der Waals surface area contributed by atoms with E-state index in [9.17, 15) is 4.79 Å². The summed E-state index contributed by atoms with van der Waals surface area (Å²) in [6.45, 7) is 7.02. The van der Waals surface area contributed by atoms with Gasteiger partial charge in [0.25, 0.3) is 0 Å². The third-order valence-electron chi connectivity index (χ3n) is 5.88. The molecule has 1 saturated carbocycles. The Labute approximate surface area is 161 Å². The minimum atomic E-state index is -0.968. The van der Waals surface area contributed by atoms with E-state index in [0.29, 0.717) is 25.7 Å². The molecule has 1 heterocycles. The standard InChI is InChI=1S/C21H32N2O4/c1-16(2)17-5-3-6-18(15-17)20(23-12-4-11-22-19(24)25)7-9-21(10-8-20)26-13-14-27-21/h3,5-6,15-16,22-23H,4,7-14H2,1-2H3,(H,24,25). The Morgan fingerprint density at radius 3 is 2.48 bits per heavy atom. The lowest BCUT2D eigenvalue weighted by Crippen LogP contribution is -2.50. The second-order valence-electron chi connectivity index (χ2n) is 7.98. The third-order valence-corrected chi connectivity index (χ3v) is 5.88. The molecule has 0 radical (unpaired) electrons. The van der Waals surface area contributed by atoms with Crippen LogP contribution >= 0.6 is 0 Å². The zero-order valence-corrected chi connectivity index (χ0v) is 16.4. The summed E-state index contributed by atoms with van der Waals surface area (Å²) in [4.78, 5) is 10.6. The Kier molecular flexibility index (Phi) is 6.40. The van der Waals surface area contributed by atoms with Crippen LogP contribution in [0.15, 0.2) is 24.3 Å². The van der Waals surface area contributed by atoms with Gasteiger partial charge in [-0.1, -0.05) is 38.1 Å². The molecule has 1 aliphatic heterocycles. The molecule has 2 aliphatic rings. The van der Waals surface area contributed by atoms with E-state index < -0.39 is 11.9 Å². The van der Waals surface area contributed by atoms with Gasteiger partial charge in [-0.05, 0) is 42.9 Å². The van der Waals surface area contributed by atoms with Crippen molar-refractivity contribution >= 4 is 6.09 Å². The van der Waals surface area contributed by atoms with Crippen molar-refractivity contribution in [2.24, 2.45) is 0 Å². The smallest absolute Gasteiger partial charge is 0.404 e. The molecule has 0 aromatic heterocycles. The molecule has 1 aromatic rings. The van der Waals surface area contributed by atoms with Crippen molar-refractivity contribution in [1.29, 1.82) is 0 Å². The van der Waals surface area contributed by atoms with Crippen molar-refractivity contribution in [1.82, 2.24) is 10.6 Å². The number of benzene rings is 1. The van der Waals surface area contributed by atoms with Crippen LogP contribution in [0.1, 0.15) is 63.0 Å². The number of rotatable bonds is 7. The molecule has 3 N–H and O–H groups in total. The van der Waals surface area contributed by atoms with E-state index in [2.05, 4.69) is 48.7 Å². The number of ether oxygens (including phenoxy) is 2. The normalized spacial score (nSPS) is 20.9. The zero-order valence-electron chi connectivity index (χ0n) is 16.4. The third kappa shape index (κ3) is 4.81. The number of amides is 1. The lowest BCUT2D eigenvalue weighted by molar-refractivity contribution is -0.187. The van der Waals surface area contributed by atoms with E-state index in [1.54, 1.807) is 0 Å². The van der Waals surface area contributed by atoms with Gasteiger partial charge in [-0.3, -0.25) is 0 Å². The van der Waals surface area contributed by atoms with Crippen LogP contribution in [0.2, 0.25) is 0 Å². The molecule has 6 heteroatoms. The maximum Gasteiger partial charge on any atom is 0.404 e. The Bertz CT molecular complexity index is 631. The quantitative estimate of drug-likeness (QED) is 0.634. The van der Waals surface area contributed by atoms with E-state index in [-0.39, 0.29) is 5.54 Å². The van der Waals surface area contributed by atoms with Crippen molar-refractivity contribution in [2.45, 2.75) is 63.2 Å². The molecular weight excluding hydrogens is 344 g/mol. The summed E-state index contributed by atoms with van der Waals surface area (Å²) >= 11 is 0. The summed E-state index contributed by atoms with van der Waals surface area (Å²) in [6.07, 6.45) is 3.43. The maximum absolute atomic E-state index is 10.6. The minimum Gasteiger partial charge on any atom is -0.465 e. The molecule has 150 valence electrons. The topological polar surface area (TPSA) is 79.8 Å². The second kappa shape index (κ2) is 8.59. The first-order chi connectivity index (χ1) is 12.9. The highest BCUT2D eigenvalue weighted by molar-refractivity contribution is 5.64. The maximum atomic E-state index is 10.6. The van der Waals surface area contributed by atoms with Crippen molar-refractivity contribution in [3.05, 3.63) is 35.4 Å². The number of nitrogens with one attached hydrogen (secondary N) is 2. The SMILES string of the molecule is CC(C)c1cccc(C2(NCCCNC(=O)O)CCC3(CC2)OCCO3)c1. The van der Waals surface area contributed by atoms with Crippen LogP contribution < -0.4 is 10.6 Å². The zero-order chi connectivity index (χ0) is 19.3. The Balaban J connectivity index is 1.73. The van der Waals surface area contributed by atoms with Crippen LogP contribution in [0.4, 0.5) is 4.79 Å². The van der Waals surface area contributed by atoms with E-state index in [1.807, 2.05) is 0 Å². The highest BCUT2D eigenvalue weighted by Crippen LogP contribution is 2.45. The fourth-order valence-electron chi connectivity index (χ4n) is 4.22. The first-order valence-corrected chi connectivity index (χ1v) is 10.0. The lowest BCUT2D eigenvalue weighted by Gasteiger charge is -2.45.